The Morgan fingerprint density at radius 1 is 0.806 bits per heavy atom. The zero-order valence-corrected chi connectivity index (χ0v) is 18.5. The molecule has 0 aromatic heterocycles. The lowest BCUT2D eigenvalue weighted by Gasteiger charge is -2.11. The Hall–Kier alpha value is -2.29. The average Bonchev–Trinajstić information content (AvgIpc) is 2.74. The molecular weight excluding hydrogens is 445 g/mol. The van der Waals surface area contributed by atoms with Gasteiger partial charge in [-0.3, -0.25) is 0 Å². The maximum absolute atomic E-state index is 10.7. The molecule has 166 valence electrons. The molecule has 0 radical (unpaired) electrons. The maximum atomic E-state index is 10.7. The molecule has 0 N–H and O–H groups in total. The van der Waals surface area contributed by atoms with Crippen LogP contribution < -0.4 is 0 Å². The molecule has 0 bridgehead atoms. The van der Waals surface area contributed by atoms with E-state index in [9.17, 15) is 13.2 Å². The van der Waals surface area contributed by atoms with Crippen LogP contribution >= 0.6 is 0 Å². The van der Waals surface area contributed by atoms with Gasteiger partial charge < -0.3 is 4.55 Å². The summed E-state index contributed by atoms with van der Waals surface area (Å²) in [5, 5.41) is 0. The van der Waals surface area contributed by atoms with Crippen LogP contribution in [0.5, 0.6) is 0 Å². The quantitative estimate of drug-likeness (QED) is 0.247. The summed E-state index contributed by atoms with van der Waals surface area (Å²) >= 11 is 0. The van der Waals surface area contributed by atoms with Crippen molar-refractivity contribution < 1.29 is 26.1 Å². The minimum atomic E-state index is -6.09. The van der Waals surface area contributed by atoms with Crippen molar-refractivity contribution in [3.8, 4) is 0 Å². The summed E-state index contributed by atoms with van der Waals surface area (Å²) in [6, 6.07) is 30.8. The smallest absolute Gasteiger partial charge is 0.485 e. The van der Waals surface area contributed by atoms with Gasteiger partial charge in [0, 0.05) is 5.56 Å². The van der Waals surface area contributed by atoms with Crippen LogP contribution in [0.3, 0.4) is 0 Å². The molecular formula is C23H23F3O3S2. The lowest BCUT2D eigenvalue weighted by atomic mass is 10.1. The number of aryl methyl sites for hydroxylation is 1. The molecule has 3 rings (SSSR count). The monoisotopic (exact) mass is 468 g/mol. The summed E-state index contributed by atoms with van der Waals surface area (Å²) in [5.74, 6) is 0. The normalized spacial score (nSPS) is 11.7. The van der Waals surface area contributed by atoms with Gasteiger partial charge in [0.25, 0.3) is 0 Å². The van der Waals surface area contributed by atoms with E-state index in [0.717, 1.165) is 6.42 Å². The summed E-state index contributed by atoms with van der Waals surface area (Å²) in [4.78, 5) is 4.25. The van der Waals surface area contributed by atoms with Gasteiger partial charge in [-0.2, -0.15) is 13.2 Å². The molecule has 0 aliphatic heterocycles. The average molecular weight is 469 g/mol. The highest BCUT2D eigenvalue weighted by Gasteiger charge is 2.37. The highest BCUT2D eigenvalue weighted by molar-refractivity contribution is 7.97. The van der Waals surface area contributed by atoms with E-state index in [-0.39, 0.29) is 10.9 Å². The molecule has 0 fully saturated rings. The Balaban J connectivity index is 0.000000366. The number of unbranched alkanes of at least 4 members (excludes halogenated alkanes) is 1. The lowest BCUT2D eigenvalue weighted by Crippen LogP contribution is -2.21. The molecule has 0 spiro atoms. The van der Waals surface area contributed by atoms with Crippen LogP contribution in [0.15, 0.2) is 99.6 Å². The fourth-order valence-electron chi connectivity index (χ4n) is 2.78. The number of rotatable bonds is 6. The first-order valence-corrected chi connectivity index (χ1v) is 12.2. The Labute approximate surface area is 184 Å². The highest BCUT2D eigenvalue weighted by atomic mass is 32.2. The zero-order chi connectivity index (χ0) is 22.9. The number of halogens is 3. The van der Waals surface area contributed by atoms with Gasteiger partial charge in [-0.15, -0.1) is 0 Å². The van der Waals surface area contributed by atoms with Gasteiger partial charge in [0.05, 0.1) is 10.9 Å². The van der Waals surface area contributed by atoms with Crippen molar-refractivity contribution in [2.75, 3.05) is 0 Å². The number of benzene rings is 3. The van der Waals surface area contributed by atoms with E-state index in [1.165, 1.54) is 33.1 Å². The molecule has 3 aromatic carbocycles. The first-order chi connectivity index (χ1) is 14.6. The van der Waals surface area contributed by atoms with Crippen molar-refractivity contribution in [2.24, 2.45) is 0 Å². The fraction of sp³-hybridized carbons (Fsp3) is 0.217. The summed E-state index contributed by atoms with van der Waals surface area (Å²) < 4.78 is 58.9. The number of hydrogen-bond donors (Lipinski definition) is 0. The van der Waals surface area contributed by atoms with E-state index in [4.69, 9.17) is 13.0 Å². The van der Waals surface area contributed by atoms with Crippen molar-refractivity contribution in [1.29, 1.82) is 0 Å². The molecule has 0 atom stereocenters. The third-order valence-corrected chi connectivity index (χ3v) is 7.13. The summed E-state index contributed by atoms with van der Waals surface area (Å²) in [6.07, 6.45) is 3.65. The minimum Gasteiger partial charge on any atom is -0.741 e. The van der Waals surface area contributed by atoms with Gasteiger partial charge in [0.15, 0.2) is 24.8 Å². The van der Waals surface area contributed by atoms with Crippen LogP contribution in [0.4, 0.5) is 13.2 Å². The van der Waals surface area contributed by atoms with Crippen molar-refractivity contribution in [2.45, 2.75) is 46.4 Å². The molecule has 0 unspecified atom stereocenters. The summed E-state index contributed by atoms with van der Waals surface area (Å²) in [7, 11) is -6.12. The first-order valence-electron chi connectivity index (χ1n) is 9.59. The van der Waals surface area contributed by atoms with E-state index in [1.807, 2.05) is 0 Å². The molecule has 0 saturated heterocycles. The molecule has 0 saturated carbocycles. The Kier molecular flexibility index (Phi) is 9.15. The Bertz CT molecular complexity index is 999. The molecule has 0 aliphatic rings. The third-order valence-electron chi connectivity index (χ3n) is 4.23. The van der Waals surface area contributed by atoms with Gasteiger partial charge >= 0.3 is 5.51 Å². The number of alkyl halides is 3. The molecule has 3 nitrogen and oxygen atoms in total. The second-order valence-corrected chi connectivity index (χ2v) is 9.91. The Morgan fingerprint density at radius 3 is 1.65 bits per heavy atom. The molecule has 0 aliphatic carbocycles. The van der Waals surface area contributed by atoms with Gasteiger partial charge in [0.2, 0.25) is 0 Å². The highest BCUT2D eigenvalue weighted by Crippen LogP contribution is 2.33. The predicted molar refractivity (Wildman–Crippen MR) is 116 cm³/mol. The fourth-order valence-corrected chi connectivity index (χ4v) is 5.07. The molecule has 0 heterocycles. The second kappa shape index (κ2) is 11.4. The van der Waals surface area contributed by atoms with Crippen molar-refractivity contribution in [1.82, 2.24) is 0 Å². The van der Waals surface area contributed by atoms with Crippen LogP contribution in [-0.2, 0) is 27.4 Å². The van der Waals surface area contributed by atoms with Crippen LogP contribution in [0, 0.1) is 0 Å². The number of hydrogen-bond acceptors (Lipinski definition) is 3. The molecule has 3 aromatic rings. The van der Waals surface area contributed by atoms with Gasteiger partial charge in [-0.1, -0.05) is 67.9 Å². The molecule has 0 amide bonds. The lowest BCUT2D eigenvalue weighted by molar-refractivity contribution is -0.0517. The largest absolute Gasteiger partial charge is 0.741 e. The molecule has 8 heteroatoms. The minimum absolute atomic E-state index is 0.0297. The van der Waals surface area contributed by atoms with E-state index in [1.54, 1.807) is 0 Å². The summed E-state index contributed by atoms with van der Waals surface area (Å²) in [5.41, 5.74) is -4.15. The van der Waals surface area contributed by atoms with Crippen LogP contribution in [-0.4, -0.2) is 18.5 Å². The second-order valence-electron chi connectivity index (χ2n) is 6.54. The van der Waals surface area contributed by atoms with Crippen molar-refractivity contribution in [3.63, 3.8) is 0 Å². The Morgan fingerprint density at radius 2 is 1.23 bits per heavy atom. The van der Waals surface area contributed by atoms with Gasteiger partial charge in [0.1, 0.15) is 0 Å². The van der Waals surface area contributed by atoms with E-state index >= 15 is 0 Å². The van der Waals surface area contributed by atoms with Gasteiger partial charge in [-0.05, 0) is 43.2 Å². The third kappa shape index (κ3) is 7.41. The summed E-state index contributed by atoms with van der Waals surface area (Å²) in [6.45, 7) is 2.26. The maximum Gasteiger partial charge on any atom is 0.485 e. The van der Waals surface area contributed by atoms with Crippen LogP contribution in [0.1, 0.15) is 25.3 Å². The SMILES string of the molecule is CCCCc1ccccc1[S+](c1ccccc1)c1ccccc1.O=S(=O)([O-])C(F)(F)F. The predicted octanol–water partition coefficient (Wildman–Crippen LogP) is 6.18. The van der Waals surface area contributed by atoms with Gasteiger partial charge in [-0.25, -0.2) is 8.42 Å². The van der Waals surface area contributed by atoms with Crippen molar-refractivity contribution in [3.05, 3.63) is 90.5 Å². The first kappa shape index (κ1) is 25.0. The van der Waals surface area contributed by atoms with Crippen LogP contribution in [0.25, 0.3) is 0 Å². The standard InChI is InChI=1S/C22H23S.CHF3O3S/c1-2-3-12-19-13-10-11-18-22(19)23(20-14-6-4-7-15-20)21-16-8-5-9-17-21;2-1(3,4)8(5,6)7/h4-11,13-18H,2-3,12H2,1H3;(H,5,6,7)/q+1;/p-1. The molecule has 31 heavy (non-hydrogen) atoms. The topological polar surface area (TPSA) is 57.2 Å². The van der Waals surface area contributed by atoms with E-state index in [0.29, 0.717) is 0 Å². The zero-order valence-electron chi connectivity index (χ0n) is 16.9. The van der Waals surface area contributed by atoms with Crippen molar-refractivity contribution >= 4 is 21.0 Å². The van der Waals surface area contributed by atoms with E-state index in [2.05, 4.69) is 91.9 Å². The van der Waals surface area contributed by atoms with Crippen LogP contribution in [0.2, 0.25) is 0 Å². The van der Waals surface area contributed by atoms with E-state index < -0.39 is 15.6 Å².